The molecule has 0 aliphatic heterocycles. The summed E-state index contributed by atoms with van der Waals surface area (Å²) in [5.74, 6) is 4.05. The van der Waals surface area contributed by atoms with Crippen molar-refractivity contribution in [3.05, 3.63) is 35.9 Å². The van der Waals surface area contributed by atoms with Crippen LogP contribution in [0.25, 0.3) is 0 Å². The monoisotopic (exact) mass is 194 g/mol. The fraction of sp³-hybridized carbons (Fsp3) is 0.300. The molecule has 4 heteroatoms. The maximum Gasteiger partial charge on any atom is 0.239 e. The normalized spacial score (nSPS) is 14.5. The molecule has 0 saturated heterocycles. The first-order valence-corrected chi connectivity index (χ1v) is 4.40. The van der Waals surface area contributed by atoms with Crippen molar-refractivity contribution in [2.24, 2.45) is 11.8 Å². The van der Waals surface area contributed by atoms with Crippen molar-refractivity contribution >= 4 is 5.91 Å². The highest BCUT2D eigenvalue weighted by molar-refractivity contribution is 5.78. The highest BCUT2D eigenvalue weighted by Crippen LogP contribution is 2.20. The predicted molar refractivity (Wildman–Crippen MR) is 52.9 cm³/mol. The number of rotatable bonds is 3. The summed E-state index contributed by atoms with van der Waals surface area (Å²) in [6, 6.07) is 9.01. The fourth-order valence-corrected chi connectivity index (χ4v) is 1.21. The van der Waals surface area contributed by atoms with E-state index in [1.807, 2.05) is 23.6 Å². The van der Waals surface area contributed by atoms with Gasteiger partial charge in [-0.15, -0.1) is 0 Å². The molecule has 0 spiro atoms. The average molecular weight is 194 g/mol. The standard InChI is InChI=1S/C10H14N2O2/c1-7(10(14)12-11)9(13)8-5-3-2-4-6-8/h2-7,9,13H,11H2,1H3,(H,12,14)/t7-,9-/m1/s1. The Labute approximate surface area is 82.7 Å². The Balaban J connectivity index is 2.75. The molecule has 0 radical (unpaired) electrons. The second-order valence-electron chi connectivity index (χ2n) is 3.15. The fourth-order valence-electron chi connectivity index (χ4n) is 1.21. The van der Waals surface area contributed by atoms with E-state index in [2.05, 4.69) is 0 Å². The molecule has 0 heterocycles. The third-order valence-electron chi connectivity index (χ3n) is 2.17. The molecular formula is C10H14N2O2. The molecular weight excluding hydrogens is 180 g/mol. The Morgan fingerprint density at radius 1 is 1.43 bits per heavy atom. The number of aliphatic hydroxyl groups excluding tert-OH is 1. The van der Waals surface area contributed by atoms with Gasteiger partial charge in [0, 0.05) is 0 Å². The Morgan fingerprint density at radius 3 is 2.50 bits per heavy atom. The van der Waals surface area contributed by atoms with Crippen molar-refractivity contribution in [1.82, 2.24) is 5.43 Å². The van der Waals surface area contributed by atoms with Crippen LogP contribution in [0.4, 0.5) is 0 Å². The number of aliphatic hydroxyl groups is 1. The lowest BCUT2D eigenvalue weighted by molar-refractivity contribution is -0.128. The van der Waals surface area contributed by atoms with Crippen LogP contribution in [0.2, 0.25) is 0 Å². The molecule has 0 bridgehead atoms. The third-order valence-corrected chi connectivity index (χ3v) is 2.17. The van der Waals surface area contributed by atoms with Crippen LogP contribution in [0.5, 0.6) is 0 Å². The minimum absolute atomic E-state index is 0.374. The molecule has 0 fully saturated rings. The van der Waals surface area contributed by atoms with Gasteiger partial charge in [0.2, 0.25) is 5.91 Å². The molecule has 76 valence electrons. The van der Waals surface area contributed by atoms with Gasteiger partial charge in [0.25, 0.3) is 0 Å². The number of benzene rings is 1. The maximum atomic E-state index is 11.1. The van der Waals surface area contributed by atoms with Gasteiger partial charge in [-0.25, -0.2) is 5.84 Å². The van der Waals surface area contributed by atoms with Crippen LogP contribution in [0.1, 0.15) is 18.6 Å². The summed E-state index contributed by atoms with van der Waals surface area (Å²) in [4.78, 5) is 11.1. The molecule has 1 amide bonds. The van der Waals surface area contributed by atoms with E-state index in [0.717, 1.165) is 0 Å². The zero-order valence-corrected chi connectivity index (χ0v) is 7.97. The minimum Gasteiger partial charge on any atom is -0.388 e. The topological polar surface area (TPSA) is 75.4 Å². The first kappa shape index (κ1) is 10.7. The van der Waals surface area contributed by atoms with Crippen LogP contribution in [-0.4, -0.2) is 11.0 Å². The first-order valence-electron chi connectivity index (χ1n) is 4.40. The van der Waals surface area contributed by atoms with Gasteiger partial charge in [-0.05, 0) is 5.56 Å². The quantitative estimate of drug-likeness (QED) is 0.369. The van der Waals surface area contributed by atoms with Gasteiger partial charge in [-0.3, -0.25) is 10.2 Å². The molecule has 0 unspecified atom stereocenters. The van der Waals surface area contributed by atoms with Crippen molar-refractivity contribution in [2.75, 3.05) is 0 Å². The molecule has 14 heavy (non-hydrogen) atoms. The number of carbonyl (C=O) groups is 1. The summed E-state index contributed by atoms with van der Waals surface area (Å²) in [7, 11) is 0. The van der Waals surface area contributed by atoms with E-state index >= 15 is 0 Å². The van der Waals surface area contributed by atoms with Gasteiger partial charge in [0.15, 0.2) is 0 Å². The van der Waals surface area contributed by atoms with E-state index in [9.17, 15) is 9.90 Å². The lowest BCUT2D eigenvalue weighted by Crippen LogP contribution is -2.37. The molecule has 4 nitrogen and oxygen atoms in total. The lowest BCUT2D eigenvalue weighted by atomic mass is 9.97. The molecule has 1 aromatic rings. The van der Waals surface area contributed by atoms with Crippen LogP contribution in [0.3, 0.4) is 0 Å². The Bertz CT molecular complexity index is 300. The Hall–Kier alpha value is -1.39. The molecule has 1 aromatic carbocycles. The van der Waals surface area contributed by atoms with Crippen molar-refractivity contribution in [3.63, 3.8) is 0 Å². The van der Waals surface area contributed by atoms with Crippen molar-refractivity contribution in [2.45, 2.75) is 13.0 Å². The summed E-state index contributed by atoms with van der Waals surface area (Å²) in [5, 5.41) is 9.77. The molecule has 0 aliphatic rings. The molecule has 1 rings (SSSR count). The number of carbonyl (C=O) groups excluding carboxylic acids is 1. The number of hydrogen-bond acceptors (Lipinski definition) is 3. The second-order valence-corrected chi connectivity index (χ2v) is 3.15. The van der Waals surface area contributed by atoms with Crippen LogP contribution >= 0.6 is 0 Å². The van der Waals surface area contributed by atoms with E-state index in [1.165, 1.54) is 0 Å². The smallest absolute Gasteiger partial charge is 0.239 e. The van der Waals surface area contributed by atoms with Crippen LogP contribution in [0.15, 0.2) is 30.3 Å². The Kier molecular flexibility index (Phi) is 3.62. The van der Waals surface area contributed by atoms with Gasteiger partial charge in [0.05, 0.1) is 12.0 Å². The average Bonchev–Trinajstić information content (AvgIpc) is 2.27. The largest absolute Gasteiger partial charge is 0.388 e. The van der Waals surface area contributed by atoms with Gasteiger partial charge in [0.1, 0.15) is 0 Å². The van der Waals surface area contributed by atoms with Gasteiger partial charge in [-0.2, -0.15) is 0 Å². The summed E-state index contributed by atoms with van der Waals surface area (Å²) >= 11 is 0. The van der Waals surface area contributed by atoms with E-state index in [4.69, 9.17) is 5.84 Å². The molecule has 0 aromatic heterocycles. The molecule has 2 atom stereocenters. The maximum absolute atomic E-state index is 11.1. The minimum atomic E-state index is -0.820. The summed E-state index contributed by atoms with van der Waals surface area (Å²) in [5.41, 5.74) is 2.73. The molecule has 0 aliphatic carbocycles. The number of nitrogens with one attached hydrogen (secondary N) is 1. The Morgan fingerprint density at radius 2 is 2.00 bits per heavy atom. The number of nitrogens with two attached hydrogens (primary N) is 1. The molecule has 0 saturated carbocycles. The van der Waals surface area contributed by atoms with Crippen molar-refractivity contribution in [1.29, 1.82) is 0 Å². The summed E-state index contributed by atoms with van der Waals surface area (Å²) < 4.78 is 0. The van der Waals surface area contributed by atoms with Crippen LogP contribution < -0.4 is 11.3 Å². The molecule has 4 N–H and O–H groups in total. The highest BCUT2D eigenvalue weighted by atomic mass is 16.3. The first-order chi connectivity index (χ1) is 6.66. The van der Waals surface area contributed by atoms with Gasteiger partial charge >= 0.3 is 0 Å². The van der Waals surface area contributed by atoms with Crippen molar-refractivity contribution in [3.8, 4) is 0 Å². The lowest BCUT2D eigenvalue weighted by Gasteiger charge is -2.17. The SMILES string of the molecule is C[C@@H](C(=O)NN)[C@@H](O)c1ccccc1. The number of hydrogen-bond donors (Lipinski definition) is 3. The van der Waals surface area contributed by atoms with Gasteiger partial charge in [-0.1, -0.05) is 37.3 Å². The van der Waals surface area contributed by atoms with Crippen molar-refractivity contribution < 1.29 is 9.90 Å². The zero-order valence-electron chi connectivity index (χ0n) is 7.97. The third kappa shape index (κ3) is 2.31. The van der Waals surface area contributed by atoms with E-state index in [1.54, 1.807) is 19.1 Å². The zero-order chi connectivity index (χ0) is 10.6. The van der Waals surface area contributed by atoms with E-state index in [-0.39, 0.29) is 5.91 Å². The second kappa shape index (κ2) is 4.74. The summed E-state index contributed by atoms with van der Waals surface area (Å²) in [6.45, 7) is 1.62. The van der Waals surface area contributed by atoms with Gasteiger partial charge < -0.3 is 5.11 Å². The van der Waals surface area contributed by atoms with Crippen LogP contribution in [-0.2, 0) is 4.79 Å². The van der Waals surface area contributed by atoms with E-state index < -0.39 is 12.0 Å². The highest BCUT2D eigenvalue weighted by Gasteiger charge is 2.22. The summed E-state index contributed by atoms with van der Waals surface area (Å²) in [6.07, 6.45) is -0.820. The van der Waals surface area contributed by atoms with Crippen LogP contribution in [0, 0.1) is 5.92 Å². The number of hydrazine groups is 1. The predicted octanol–water partition coefficient (Wildman–Crippen LogP) is 0.346. The number of amides is 1. The van der Waals surface area contributed by atoms with E-state index in [0.29, 0.717) is 5.56 Å².